The summed E-state index contributed by atoms with van der Waals surface area (Å²) in [6.45, 7) is 1.88. The Morgan fingerprint density at radius 2 is 2.06 bits per heavy atom. The highest BCUT2D eigenvalue weighted by Crippen LogP contribution is 2.48. The van der Waals surface area contributed by atoms with Gasteiger partial charge in [-0.3, -0.25) is 9.59 Å². The third-order valence-electron chi connectivity index (χ3n) is 4.35. The molecule has 0 aromatic carbocycles. The smallest absolute Gasteiger partial charge is 0.308 e. The summed E-state index contributed by atoms with van der Waals surface area (Å²) in [6.07, 6.45) is 3.66. The van der Waals surface area contributed by atoms with Gasteiger partial charge < -0.3 is 16.2 Å². The Balaban J connectivity index is 2.08. The van der Waals surface area contributed by atoms with Gasteiger partial charge in [0.2, 0.25) is 5.91 Å². The molecule has 0 aromatic heterocycles. The van der Waals surface area contributed by atoms with Crippen LogP contribution in [-0.4, -0.2) is 29.1 Å². The molecular weight excluding hydrogens is 220 g/mol. The number of carbonyl (C=O) groups is 2. The van der Waals surface area contributed by atoms with Gasteiger partial charge in [-0.2, -0.15) is 0 Å². The Bertz CT molecular complexity index is 332. The van der Waals surface area contributed by atoms with Gasteiger partial charge in [0.05, 0.1) is 12.0 Å². The molecule has 2 saturated carbocycles. The van der Waals surface area contributed by atoms with Gasteiger partial charge in [-0.25, -0.2) is 0 Å². The fourth-order valence-corrected chi connectivity index (χ4v) is 3.52. The van der Waals surface area contributed by atoms with E-state index in [0.717, 1.165) is 19.3 Å². The molecule has 2 bridgehead atoms. The van der Waals surface area contributed by atoms with E-state index < -0.39 is 12.0 Å². The number of carboxylic acids is 1. The Kier molecular flexibility index (Phi) is 3.38. The summed E-state index contributed by atoms with van der Waals surface area (Å²) in [5.74, 6) is -0.800. The molecule has 2 aliphatic rings. The number of carbonyl (C=O) groups excluding carboxylic acids is 1. The molecular formula is C12H20N2O3. The second-order valence-corrected chi connectivity index (χ2v) is 5.25. The minimum atomic E-state index is -0.742. The normalized spacial score (nSPS) is 37.0. The van der Waals surface area contributed by atoms with Crippen LogP contribution in [0.1, 0.15) is 32.6 Å². The van der Waals surface area contributed by atoms with Gasteiger partial charge in [0, 0.05) is 6.04 Å². The number of amides is 1. The van der Waals surface area contributed by atoms with E-state index in [0.29, 0.717) is 12.3 Å². The molecule has 5 nitrogen and oxygen atoms in total. The van der Waals surface area contributed by atoms with Crippen LogP contribution in [0, 0.1) is 17.8 Å². The zero-order valence-corrected chi connectivity index (χ0v) is 10.1. The molecule has 0 radical (unpaired) electrons. The minimum absolute atomic E-state index is 0.0799. The van der Waals surface area contributed by atoms with Gasteiger partial charge in [0.25, 0.3) is 0 Å². The monoisotopic (exact) mass is 240 g/mol. The van der Waals surface area contributed by atoms with Crippen LogP contribution in [-0.2, 0) is 9.59 Å². The lowest BCUT2D eigenvalue weighted by Gasteiger charge is -2.31. The average molecular weight is 240 g/mol. The summed E-state index contributed by atoms with van der Waals surface area (Å²) < 4.78 is 0. The quantitative estimate of drug-likeness (QED) is 0.646. The fourth-order valence-electron chi connectivity index (χ4n) is 3.52. The molecule has 2 rings (SSSR count). The predicted octanol–water partition coefficient (Wildman–Crippen LogP) is 0.339. The number of hydrogen-bond donors (Lipinski definition) is 3. The highest BCUT2D eigenvalue weighted by atomic mass is 16.4. The summed E-state index contributed by atoms with van der Waals surface area (Å²) in [4.78, 5) is 22.5. The molecule has 0 aromatic rings. The molecule has 4 N–H and O–H groups in total. The van der Waals surface area contributed by atoms with Crippen LogP contribution in [0.4, 0.5) is 0 Å². The van der Waals surface area contributed by atoms with Crippen LogP contribution >= 0.6 is 0 Å². The number of fused-ring (bicyclic) bond motifs is 2. The molecule has 5 atom stereocenters. The summed E-state index contributed by atoms with van der Waals surface area (Å²) in [5, 5.41) is 12.4. The van der Waals surface area contributed by atoms with E-state index >= 15 is 0 Å². The summed E-state index contributed by atoms with van der Waals surface area (Å²) in [5.41, 5.74) is 5.30. The van der Waals surface area contributed by atoms with Crippen LogP contribution in [0.3, 0.4) is 0 Å². The Hall–Kier alpha value is -1.10. The first-order chi connectivity index (χ1) is 8.04. The summed E-state index contributed by atoms with van der Waals surface area (Å²) in [6, 6.07) is -0.482. The molecule has 17 heavy (non-hydrogen) atoms. The topological polar surface area (TPSA) is 92.4 Å². The zero-order valence-electron chi connectivity index (χ0n) is 10.1. The van der Waals surface area contributed by atoms with Crippen molar-refractivity contribution in [3.8, 4) is 0 Å². The van der Waals surface area contributed by atoms with Crippen LogP contribution < -0.4 is 11.1 Å². The second kappa shape index (κ2) is 4.64. The van der Waals surface area contributed by atoms with Gasteiger partial charge >= 0.3 is 5.97 Å². The van der Waals surface area contributed by atoms with Crippen molar-refractivity contribution < 1.29 is 14.7 Å². The van der Waals surface area contributed by atoms with Gasteiger partial charge in [-0.15, -0.1) is 0 Å². The first-order valence-electron chi connectivity index (χ1n) is 6.32. The molecule has 0 spiro atoms. The van der Waals surface area contributed by atoms with Crippen LogP contribution in [0.2, 0.25) is 0 Å². The average Bonchev–Trinajstić information content (AvgIpc) is 2.84. The van der Waals surface area contributed by atoms with Crippen molar-refractivity contribution in [1.82, 2.24) is 5.32 Å². The Morgan fingerprint density at radius 1 is 1.41 bits per heavy atom. The highest BCUT2D eigenvalue weighted by molar-refractivity contribution is 5.80. The molecule has 5 heteroatoms. The first-order valence-corrected chi connectivity index (χ1v) is 6.32. The van der Waals surface area contributed by atoms with Gasteiger partial charge in [-0.1, -0.05) is 6.92 Å². The number of aliphatic carboxylic acids is 1. The zero-order chi connectivity index (χ0) is 12.6. The van der Waals surface area contributed by atoms with Crippen molar-refractivity contribution in [2.24, 2.45) is 23.5 Å². The number of hydrogen-bond acceptors (Lipinski definition) is 3. The SMILES string of the molecule is CCC(NC1C2CCC(C2)C1C(=O)O)C(N)=O. The largest absolute Gasteiger partial charge is 0.481 e. The van der Waals surface area contributed by atoms with Crippen molar-refractivity contribution >= 4 is 11.9 Å². The summed E-state index contributed by atoms with van der Waals surface area (Å²) >= 11 is 0. The maximum Gasteiger partial charge on any atom is 0.308 e. The van der Waals surface area contributed by atoms with Gasteiger partial charge in [0.1, 0.15) is 0 Å². The number of rotatable bonds is 5. The third kappa shape index (κ3) is 2.16. The number of carboxylic acid groups (broad SMARTS) is 1. The predicted molar refractivity (Wildman–Crippen MR) is 62.2 cm³/mol. The standard InChI is InChI=1S/C12H20N2O3/c1-2-8(11(13)15)14-10-7-4-3-6(5-7)9(10)12(16)17/h6-10,14H,2-5H2,1H3,(H2,13,15)(H,16,17). The lowest BCUT2D eigenvalue weighted by molar-refractivity contribution is -0.144. The van der Waals surface area contributed by atoms with Gasteiger partial charge in [0.15, 0.2) is 0 Å². The van der Waals surface area contributed by atoms with E-state index in [1.54, 1.807) is 0 Å². The van der Waals surface area contributed by atoms with E-state index in [1.165, 1.54) is 0 Å². The lowest BCUT2D eigenvalue weighted by Crippen LogP contribution is -2.52. The maximum atomic E-state index is 11.3. The molecule has 0 aliphatic heterocycles. The fraction of sp³-hybridized carbons (Fsp3) is 0.833. The minimum Gasteiger partial charge on any atom is -0.481 e. The third-order valence-corrected chi connectivity index (χ3v) is 4.35. The van der Waals surface area contributed by atoms with Crippen molar-refractivity contribution in [3.63, 3.8) is 0 Å². The number of nitrogens with one attached hydrogen (secondary N) is 1. The number of primary amides is 1. The lowest BCUT2D eigenvalue weighted by atomic mass is 9.84. The van der Waals surface area contributed by atoms with Gasteiger partial charge in [-0.05, 0) is 37.5 Å². The Labute approximate surface area is 101 Å². The molecule has 96 valence electrons. The number of nitrogens with two attached hydrogens (primary N) is 1. The maximum absolute atomic E-state index is 11.3. The Morgan fingerprint density at radius 3 is 2.59 bits per heavy atom. The second-order valence-electron chi connectivity index (χ2n) is 5.25. The van der Waals surface area contributed by atoms with E-state index in [1.807, 2.05) is 6.92 Å². The molecule has 2 fully saturated rings. The van der Waals surface area contributed by atoms with Crippen molar-refractivity contribution in [1.29, 1.82) is 0 Å². The molecule has 2 aliphatic carbocycles. The van der Waals surface area contributed by atoms with Crippen molar-refractivity contribution in [2.45, 2.75) is 44.7 Å². The molecule has 1 amide bonds. The van der Waals surface area contributed by atoms with E-state index in [2.05, 4.69) is 5.32 Å². The van der Waals surface area contributed by atoms with E-state index in [-0.39, 0.29) is 23.8 Å². The van der Waals surface area contributed by atoms with E-state index in [9.17, 15) is 14.7 Å². The first kappa shape index (κ1) is 12.4. The molecule has 0 saturated heterocycles. The molecule has 0 heterocycles. The summed E-state index contributed by atoms with van der Waals surface area (Å²) in [7, 11) is 0. The van der Waals surface area contributed by atoms with Crippen molar-refractivity contribution in [3.05, 3.63) is 0 Å². The van der Waals surface area contributed by atoms with Crippen LogP contribution in [0.25, 0.3) is 0 Å². The van der Waals surface area contributed by atoms with Crippen LogP contribution in [0.5, 0.6) is 0 Å². The highest BCUT2D eigenvalue weighted by Gasteiger charge is 2.51. The van der Waals surface area contributed by atoms with Crippen LogP contribution in [0.15, 0.2) is 0 Å². The molecule has 5 unspecified atom stereocenters. The van der Waals surface area contributed by atoms with Crippen molar-refractivity contribution in [2.75, 3.05) is 0 Å². The van der Waals surface area contributed by atoms with E-state index in [4.69, 9.17) is 5.73 Å².